The van der Waals surface area contributed by atoms with Gasteiger partial charge in [0.25, 0.3) is 5.56 Å². The van der Waals surface area contributed by atoms with Crippen LogP contribution in [0.2, 0.25) is 0 Å². The molecule has 0 atom stereocenters. The summed E-state index contributed by atoms with van der Waals surface area (Å²) in [5.74, 6) is 1.46. The van der Waals surface area contributed by atoms with Crippen molar-refractivity contribution in [2.24, 2.45) is 0 Å². The third-order valence-electron chi connectivity index (χ3n) is 3.58. The normalized spacial score (nSPS) is 11.3. The first-order valence-corrected chi connectivity index (χ1v) is 9.80. The van der Waals surface area contributed by atoms with Gasteiger partial charge >= 0.3 is 0 Å². The van der Waals surface area contributed by atoms with E-state index in [4.69, 9.17) is 0 Å². The first-order chi connectivity index (χ1) is 12.4. The van der Waals surface area contributed by atoms with Gasteiger partial charge in [0.2, 0.25) is 11.1 Å². The Morgan fingerprint density at radius 1 is 1.31 bits per heavy atom. The number of hydrogen-bond acceptors (Lipinski definition) is 8. The quantitative estimate of drug-likeness (QED) is 0.474. The summed E-state index contributed by atoms with van der Waals surface area (Å²) >= 11 is 2.72. The Morgan fingerprint density at radius 2 is 2.08 bits per heavy atom. The molecular formula is C17H20N6OS2. The summed E-state index contributed by atoms with van der Waals surface area (Å²) in [4.78, 5) is 33.5. The van der Waals surface area contributed by atoms with Crippen LogP contribution in [0, 0.1) is 0 Å². The minimum Gasteiger partial charge on any atom is -0.347 e. The molecule has 3 aromatic heterocycles. The molecule has 26 heavy (non-hydrogen) atoms. The zero-order valence-corrected chi connectivity index (χ0v) is 16.8. The molecule has 0 fully saturated rings. The lowest BCUT2D eigenvalue weighted by Gasteiger charge is -2.14. The zero-order valence-electron chi connectivity index (χ0n) is 15.1. The summed E-state index contributed by atoms with van der Waals surface area (Å²) in [6, 6.07) is 1.80. The smallest absolute Gasteiger partial charge is 0.263 e. The molecule has 0 saturated heterocycles. The van der Waals surface area contributed by atoms with Crippen molar-refractivity contribution in [2.75, 3.05) is 19.0 Å². The van der Waals surface area contributed by atoms with Crippen molar-refractivity contribution in [3.8, 4) is 0 Å². The van der Waals surface area contributed by atoms with E-state index in [9.17, 15) is 4.79 Å². The van der Waals surface area contributed by atoms with Gasteiger partial charge in [-0.1, -0.05) is 19.9 Å². The van der Waals surface area contributed by atoms with Gasteiger partial charge in [-0.15, -0.1) is 17.9 Å². The molecule has 0 aliphatic heterocycles. The van der Waals surface area contributed by atoms with E-state index in [-0.39, 0.29) is 11.5 Å². The molecule has 3 heterocycles. The molecule has 0 aliphatic carbocycles. The number of hydrogen-bond donors (Lipinski definition) is 0. The Kier molecular flexibility index (Phi) is 5.38. The van der Waals surface area contributed by atoms with Gasteiger partial charge in [-0.25, -0.2) is 9.97 Å². The number of aromatic nitrogens is 5. The van der Waals surface area contributed by atoms with Crippen LogP contribution in [0.15, 0.2) is 39.2 Å². The molecule has 0 aromatic carbocycles. The third-order valence-corrected chi connectivity index (χ3v) is 5.25. The highest BCUT2D eigenvalue weighted by Crippen LogP contribution is 2.27. The SMILES string of the molecule is C=CCn1c(Sc2nc(C(C)C)nc(N(C)C)n2)nc2sccc2c1=O. The topological polar surface area (TPSA) is 76.8 Å². The Hall–Kier alpha value is -2.26. The van der Waals surface area contributed by atoms with E-state index in [0.29, 0.717) is 38.8 Å². The maximum Gasteiger partial charge on any atom is 0.263 e. The highest BCUT2D eigenvalue weighted by Gasteiger charge is 2.17. The second-order valence-electron chi connectivity index (χ2n) is 6.17. The number of thiophene rings is 1. The molecule has 3 aromatic rings. The van der Waals surface area contributed by atoms with E-state index in [0.717, 1.165) is 0 Å². The van der Waals surface area contributed by atoms with Crippen molar-refractivity contribution >= 4 is 39.3 Å². The summed E-state index contributed by atoms with van der Waals surface area (Å²) in [5, 5.41) is 3.56. The summed E-state index contributed by atoms with van der Waals surface area (Å²) in [5.41, 5.74) is -0.0791. The molecule has 0 bridgehead atoms. The zero-order chi connectivity index (χ0) is 18.8. The van der Waals surface area contributed by atoms with Crippen LogP contribution in [0.1, 0.15) is 25.6 Å². The van der Waals surface area contributed by atoms with E-state index in [1.807, 2.05) is 38.2 Å². The van der Waals surface area contributed by atoms with Gasteiger partial charge in [0.05, 0.1) is 5.39 Å². The van der Waals surface area contributed by atoms with Crippen LogP contribution < -0.4 is 10.5 Å². The van der Waals surface area contributed by atoms with Crippen LogP contribution in [0.3, 0.4) is 0 Å². The fraction of sp³-hybridized carbons (Fsp3) is 0.353. The van der Waals surface area contributed by atoms with Gasteiger partial charge in [0, 0.05) is 26.6 Å². The van der Waals surface area contributed by atoms with E-state index >= 15 is 0 Å². The predicted molar refractivity (Wildman–Crippen MR) is 106 cm³/mol. The number of allylic oxidation sites excluding steroid dienone is 1. The van der Waals surface area contributed by atoms with Crippen molar-refractivity contribution in [1.29, 1.82) is 0 Å². The molecular weight excluding hydrogens is 368 g/mol. The van der Waals surface area contributed by atoms with E-state index in [1.165, 1.54) is 23.1 Å². The fourth-order valence-electron chi connectivity index (χ4n) is 2.24. The summed E-state index contributed by atoms with van der Waals surface area (Å²) in [7, 11) is 3.77. The lowest BCUT2D eigenvalue weighted by Crippen LogP contribution is -2.22. The van der Waals surface area contributed by atoms with Gasteiger partial charge in [0.15, 0.2) is 5.16 Å². The van der Waals surface area contributed by atoms with Crippen LogP contribution in [-0.4, -0.2) is 38.6 Å². The third kappa shape index (κ3) is 3.63. The molecule has 3 rings (SSSR count). The molecule has 136 valence electrons. The molecule has 0 aliphatic rings. The van der Waals surface area contributed by atoms with Crippen LogP contribution in [0.4, 0.5) is 5.95 Å². The highest BCUT2D eigenvalue weighted by atomic mass is 32.2. The number of rotatable bonds is 6. The van der Waals surface area contributed by atoms with Crippen molar-refractivity contribution in [1.82, 2.24) is 24.5 Å². The Labute approximate surface area is 159 Å². The van der Waals surface area contributed by atoms with Crippen molar-refractivity contribution in [2.45, 2.75) is 36.6 Å². The lowest BCUT2D eigenvalue weighted by molar-refractivity contribution is 0.667. The van der Waals surface area contributed by atoms with Gasteiger partial charge < -0.3 is 4.90 Å². The molecule has 7 nitrogen and oxygen atoms in total. The maximum absolute atomic E-state index is 12.7. The highest BCUT2D eigenvalue weighted by molar-refractivity contribution is 7.99. The number of anilines is 1. The van der Waals surface area contributed by atoms with Gasteiger partial charge in [0.1, 0.15) is 10.7 Å². The minimum atomic E-state index is -0.0791. The average Bonchev–Trinajstić information content (AvgIpc) is 3.06. The molecule has 9 heteroatoms. The van der Waals surface area contributed by atoms with Crippen LogP contribution in [0.5, 0.6) is 0 Å². The molecule has 0 saturated carbocycles. The monoisotopic (exact) mass is 388 g/mol. The Morgan fingerprint density at radius 3 is 2.73 bits per heavy atom. The molecule has 0 amide bonds. The average molecular weight is 389 g/mol. The summed E-state index contributed by atoms with van der Waals surface area (Å²) in [6.07, 6.45) is 1.68. The van der Waals surface area contributed by atoms with Crippen LogP contribution in [-0.2, 0) is 6.54 Å². The molecule has 0 spiro atoms. The van der Waals surface area contributed by atoms with Crippen LogP contribution >= 0.6 is 23.1 Å². The summed E-state index contributed by atoms with van der Waals surface area (Å²) < 4.78 is 1.60. The molecule has 0 radical (unpaired) electrons. The number of nitrogens with zero attached hydrogens (tertiary/aromatic N) is 6. The van der Waals surface area contributed by atoms with Crippen molar-refractivity contribution in [3.63, 3.8) is 0 Å². The molecule has 0 N–H and O–H groups in total. The standard InChI is InChI=1S/C17H20N6OS2/c1-6-8-23-14(24)11-7-9-25-13(11)20-17(23)26-16-19-12(10(2)3)18-15(21-16)22(4)5/h6-7,9-10H,1,8H2,2-5H3. The second kappa shape index (κ2) is 7.55. The fourth-order valence-corrected chi connectivity index (χ4v) is 3.89. The Balaban J connectivity index is 2.12. The lowest BCUT2D eigenvalue weighted by atomic mass is 10.2. The van der Waals surface area contributed by atoms with Crippen molar-refractivity contribution < 1.29 is 0 Å². The minimum absolute atomic E-state index is 0.0791. The Bertz CT molecular complexity index is 982. The molecule has 0 unspecified atom stereocenters. The number of fused-ring (bicyclic) bond motifs is 1. The first kappa shape index (κ1) is 18.5. The maximum atomic E-state index is 12.7. The predicted octanol–water partition coefficient (Wildman–Crippen LogP) is 3.17. The van der Waals surface area contributed by atoms with E-state index in [1.54, 1.807) is 16.7 Å². The van der Waals surface area contributed by atoms with Crippen molar-refractivity contribution in [3.05, 3.63) is 40.3 Å². The van der Waals surface area contributed by atoms with Gasteiger partial charge in [-0.05, 0) is 23.2 Å². The summed E-state index contributed by atoms with van der Waals surface area (Å²) in [6.45, 7) is 8.19. The second-order valence-corrected chi connectivity index (χ2v) is 7.99. The van der Waals surface area contributed by atoms with Crippen LogP contribution in [0.25, 0.3) is 10.2 Å². The first-order valence-electron chi connectivity index (χ1n) is 8.10. The van der Waals surface area contributed by atoms with E-state index in [2.05, 4.69) is 26.5 Å². The van der Waals surface area contributed by atoms with Gasteiger partial charge in [-0.2, -0.15) is 9.97 Å². The van der Waals surface area contributed by atoms with Gasteiger partial charge in [-0.3, -0.25) is 9.36 Å². The largest absolute Gasteiger partial charge is 0.347 e. The van der Waals surface area contributed by atoms with E-state index < -0.39 is 0 Å².